The molecule has 0 atom stereocenters. The highest BCUT2D eigenvalue weighted by Crippen LogP contribution is 2.13. The van der Waals surface area contributed by atoms with Gasteiger partial charge in [-0.2, -0.15) is 10.4 Å². The van der Waals surface area contributed by atoms with E-state index in [4.69, 9.17) is 5.26 Å². The average molecular weight is 200 g/mol. The smallest absolute Gasteiger partial charge is 0.152 e. The van der Waals surface area contributed by atoms with E-state index in [1.807, 2.05) is 13.0 Å². The number of hydrogen-bond donors (Lipinski definition) is 0. The van der Waals surface area contributed by atoms with Crippen molar-refractivity contribution < 1.29 is 0 Å². The topological polar surface area (TPSA) is 41.6 Å². The molecule has 0 fully saturated rings. The highest BCUT2D eigenvalue weighted by molar-refractivity contribution is 9.10. The van der Waals surface area contributed by atoms with Crippen molar-refractivity contribution in [3.8, 4) is 6.07 Å². The summed E-state index contributed by atoms with van der Waals surface area (Å²) in [5.74, 6) is 0. The lowest BCUT2D eigenvalue weighted by Gasteiger charge is -1.93. The molecule has 10 heavy (non-hydrogen) atoms. The van der Waals surface area contributed by atoms with Crippen molar-refractivity contribution >= 4 is 15.9 Å². The third kappa shape index (κ3) is 1.05. The molecular formula is C6H6BrN3. The van der Waals surface area contributed by atoms with E-state index in [9.17, 15) is 0 Å². The molecule has 0 N–H and O–H groups in total. The van der Waals surface area contributed by atoms with Gasteiger partial charge >= 0.3 is 0 Å². The van der Waals surface area contributed by atoms with Gasteiger partial charge < -0.3 is 0 Å². The lowest BCUT2D eigenvalue weighted by atomic mass is 10.5. The van der Waals surface area contributed by atoms with Crippen LogP contribution in [0.1, 0.15) is 12.6 Å². The summed E-state index contributed by atoms with van der Waals surface area (Å²) in [6.07, 6.45) is 1.63. The van der Waals surface area contributed by atoms with Crippen molar-refractivity contribution in [2.45, 2.75) is 13.5 Å². The van der Waals surface area contributed by atoms with Crippen LogP contribution in [0.2, 0.25) is 0 Å². The Labute approximate surface area is 67.4 Å². The maximum atomic E-state index is 8.58. The van der Waals surface area contributed by atoms with Gasteiger partial charge in [-0.1, -0.05) is 0 Å². The minimum Gasteiger partial charge on any atom is -0.254 e. The third-order valence-corrected chi connectivity index (χ3v) is 1.78. The van der Waals surface area contributed by atoms with Crippen molar-refractivity contribution in [2.75, 3.05) is 0 Å². The largest absolute Gasteiger partial charge is 0.254 e. The summed E-state index contributed by atoms with van der Waals surface area (Å²) in [7, 11) is 0. The first-order valence-electron chi connectivity index (χ1n) is 2.91. The van der Waals surface area contributed by atoms with Crippen LogP contribution in [0.5, 0.6) is 0 Å². The third-order valence-electron chi connectivity index (χ3n) is 1.20. The van der Waals surface area contributed by atoms with E-state index in [0.717, 1.165) is 11.0 Å². The van der Waals surface area contributed by atoms with Crippen molar-refractivity contribution in [3.05, 3.63) is 16.4 Å². The molecule has 0 aliphatic rings. The zero-order valence-corrected chi connectivity index (χ0v) is 7.09. The van der Waals surface area contributed by atoms with Gasteiger partial charge in [-0.25, -0.2) is 0 Å². The molecule has 3 nitrogen and oxygen atoms in total. The standard InChI is InChI=1S/C6H6BrN3/c1-2-10-6(3-8)5(7)4-9-10/h4H,2H2,1H3. The van der Waals surface area contributed by atoms with Gasteiger partial charge in [-0.05, 0) is 22.9 Å². The van der Waals surface area contributed by atoms with Gasteiger partial charge in [0.25, 0.3) is 0 Å². The molecule has 0 amide bonds. The number of hydrogen-bond acceptors (Lipinski definition) is 2. The molecule has 0 aromatic carbocycles. The maximum absolute atomic E-state index is 8.58. The van der Waals surface area contributed by atoms with Crippen molar-refractivity contribution in [1.29, 1.82) is 5.26 Å². The minimum absolute atomic E-state index is 0.586. The van der Waals surface area contributed by atoms with E-state index in [1.165, 1.54) is 0 Å². The van der Waals surface area contributed by atoms with Gasteiger partial charge in [0.1, 0.15) is 6.07 Å². The van der Waals surface area contributed by atoms with Crippen LogP contribution in [-0.4, -0.2) is 9.78 Å². The summed E-state index contributed by atoms with van der Waals surface area (Å²) in [4.78, 5) is 0. The van der Waals surface area contributed by atoms with Gasteiger partial charge in [0.05, 0.1) is 10.7 Å². The molecular weight excluding hydrogens is 194 g/mol. The van der Waals surface area contributed by atoms with Gasteiger partial charge in [-0.15, -0.1) is 0 Å². The molecule has 0 unspecified atom stereocenters. The fourth-order valence-electron chi connectivity index (χ4n) is 0.713. The fraction of sp³-hybridized carbons (Fsp3) is 0.333. The second-order valence-corrected chi connectivity index (χ2v) is 2.62. The number of halogens is 1. The summed E-state index contributed by atoms with van der Waals surface area (Å²) < 4.78 is 2.40. The molecule has 0 aliphatic heterocycles. The monoisotopic (exact) mass is 199 g/mol. The van der Waals surface area contributed by atoms with Crippen LogP contribution in [0.3, 0.4) is 0 Å². The van der Waals surface area contributed by atoms with Crippen LogP contribution >= 0.6 is 15.9 Å². The van der Waals surface area contributed by atoms with Crippen LogP contribution in [0, 0.1) is 11.3 Å². The van der Waals surface area contributed by atoms with Crippen LogP contribution in [-0.2, 0) is 6.54 Å². The second kappa shape index (κ2) is 2.84. The lowest BCUT2D eigenvalue weighted by molar-refractivity contribution is 0.651. The zero-order valence-electron chi connectivity index (χ0n) is 5.50. The Morgan fingerprint density at radius 1 is 1.90 bits per heavy atom. The van der Waals surface area contributed by atoms with E-state index in [-0.39, 0.29) is 0 Å². The average Bonchev–Trinajstić information content (AvgIpc) is 2.30. The zero-order chi connectivity index (χ0) is 7.56. The van der Waals surface area contributed by atoms with E-state index < -0.39 is 0 Å². The van der Waals surface area contributed by atoms with E-state index in [0.29, 0.717) is 5.69 Å². The SMILES string of the molecule is CCn1ncc(Br)c1C#N. The molecule has 0 spiro atoms. The molecule has 1 heterocycles. The van der Waals surface area contributed by atoms with E-state index in [1.54, 1.807) is 10.9 Å². The Balaban J connectivity index is 3.17. The molecule has 0 aliphatic carbocycles. The predicted molar refractivity (Wildman–Crippen MR) is 40.3 cm³/mol. The molecule has 1 aromatic rings. The first kappa shape index (κ1) is 7.29. The number of nitriles is 1. The minimum atomic E-state index is 0.586. The predicted octanol–water partition coefficient (Wildman–Crippen LogP) is 1.54. The lowest BCUT2D eigenvalue weighted by Crippen LogP contribution is -1.98. The van der Waals surface area contributed by atoms with Crippen molar-refractivity contribution in [3.63, 3.8) is 0 Å². The van der Waals surface area contributed by atoms with Gasteiger partial charge in [0.15, 0.2) is 5.69 Å². The fourth-order valence-corrected chi connectivity index (χ4v) is 1.10. The maximum Gasteiger partial charge on any atom is 0.152 e. The molecule has 0 saturated heterocycles. The van der Waals surface area contributed by atoms with E-state index in [2.05, 4.69) is 21.0 Å². The van der Waals surface area contributed by atoms with Crippen LogP contribution in [0.4, 0.5) is 0 Å². The van der Waals surface area contributed by atoms with E-state index >= 15 is 0 Å². The van der Waals surface area contributed by atoms with Crippen LogP contribution in [0.15, 0.2) is 10.7 Å². The highest BCUT2D eigenvalue weighted by Gasteiger charge is 2.04. The highest BCUT2D eigenvalue weighted by atomic mass is 79.9. The second-order valence-electron chi connectivity index (χ2n) is 1.77. The molecule has 4 heteroatoms. The Morgan fingerprint density at radius 2 is 2.60 bits per heavy atom. The number of rotatable bonds is 1. The summed E-state index contributed by atoms with van der Waals surface area (Å²) >= 11 is 3.21. The summed E-state index contributed by atoms with van der Waals surface area (Å²) in [5.41, 5.74) is 0.586. The molecule has 0 bridgehead atoms. The number of aryl methyl sites for hydroxylation is 1. The van der Waals surface area contributed by atoms with Gasteiger partial charge in [-0.3, -0.25) is 4.68 Å². The Hall–Kier alpha value is -0.820. The Bertz CT molecular complexity index is 271. The van der Waals surface area contributed by atoms with Crippen molar-refractivity contribution in [2.24, 2.45) is 0 Å². The quantitative estimate of drug-likeness (QED) is 0.689. The van der Waals surface area contributed by atoms with Gasteiger partial charge in [0.2, 0.25) is 0 Å². The van der Waals surface area contributed by atoms with Crippen molar-refractivity contribution in [1.82, 2.24) is 9.78 Å². The molecule has 1 aromatic heterocycles. The molecule has 0 radical (unpaired) electrons. The normalized spacial score (nSPS) is 9.30. The summed E-state index contributed by atoms with van der Waals surface area (Å²) in [6, 6.07) is 2.05. The molecule has 52 valence electrons. The number of nitrogens with zero attached hydrogens (tertiary/aromatic N) is 3. The molecule has 1 rings (SSSR count). The first-order valence-corrected chi connectivity index (χ1v) is 3.70. The van der Waals surface area contributed by atoms with Gasteiger partial charge in [0, 0.05) is 6.54 Å². The summed E-state index contributed by atoms with van der Waals surface area (Å²) in [6.45, 7) is 2.68. The Kier molecular flexibility index (Phi) is 2.07. The number of aromatic nitrogens is 2. The first-order chi connectivity index (χ1) is 4.79. The van der Waals surface area contributed by atoms with Crippen LogP contribution < -0.4 is 0 Å². The van der Waals surface area contributed by atoms with Crippen LogP contribution in [0.25, 0.3) is 0 Å². The summed E-state index contributed by atoms with van der Waals surface area (Å²) in [5, 5.41) is 12.5. The molecule has 0 saturated carbocycles. The Morgan fingerprint density at radius 3 is 3.00 bits per heavy atom.